The summed E-state index contributed by atoms with van der Waals surface area (Å²) < 4.78 is 5.19. The largest absolute Gasteiger partial charge is 0.497 e. The number of benzene rings is 2. The average molecular weight is 324 g/mol. The van der Waals surface area contributed by atoms with Crippen LogP contribution in [-0.2, 0) is 0 Å². The van der Waals surface area contributed by atoms with E-state index in [1.54, 1.807) is 31.4 Å². The number of nitrogens with one attached hydrogen (secondary N) is 2. The molecule has 24 heavy (non-hydrogen) atoms. The van der Waals surface area contributed by atoms with Gasteiger partial charge in [-0.15, -0.1) is 0 Å². The molecule has 3 amide bonds. The summed E-state index contributed by atoms with van der Waals surface area (Å²) in [6.45, 7) is 0.150. The molecule has 0 saturated carbocycles. The monoisotopic (exact) mass is 324 g/mol. The van der Waals surface area contributed by atoms with Crippen LogP contribution in [0, 0.1) is 0 Å². The quantitative estimate of drug-likeness (QED) is 0.899. The second-order valence-electron chi connectivity index (χ2n) is 5.10. The molecule has 2 aromatic rings. The normalized spacial score (nSPS) is 13.8. The highest BCUT2D eigenvalue weighted by Gasteiger charge is 2.24. The lowest BCUT2D eigenvalue weighted by atomic mass is 10.1. The summed E-state index contributed by atoms with van der Waals surface area (Å²) in [4.78, 5) is 24.1. The summed E-state index contributed by atoms with van der Waals surface area (Å²) in [5.74, 6) is 0.324. The van der Waals surface area contributed by atoms with Crippen molar-refractivity contribution in [3.05, 3.63) is 65.7 Å². The molecule has 0 fully saturated rings. The molecule has 0 atom stereocenters. The van der Waals surface area contributed by atoms with E-state index in [9.17, 15) is 9.59 Å². The van der Waals surface area contributed by atoms with E-state index in [0.717, 1.165) is 5.56 Å². The van der Waals surface area contributed by atoms with Crippen LogP contribution in [0.15, 0.2) is 59.7 Å². The van der Waals surface area contributed by atoms with Gasteiger partial charge in [0.2, 0.25) is 0 Å². The van der Waals surface area contributed by atoms with E-state index in [1.165, 1.54) is 5.01 Å². The van der Waals surface area contributed by atoms with Crippen molar-refractivity contribution >= 4 is 17.6 Å². The van der Waals surface area contributed by atoms with Crippen LogP contribution in [0.4, 0.5) is 4.79 Å². The zero-order valence-corrected chi connectivity index (χ0v) is 13.0. The third-order valence-electron chi connectivity index (χ3n) is 3.51. The number of carbonyl (C=O) groups excluding carboxylic acids is 2. The second-order valence-corrected chi connectivity index (χ2v) is 5.10. The number of nitrogens with zero attached hydrogens (tertiary/aromatic N) is 2. The van der Waals surface area contributed by atoms with Gasteiger partial charge in [0.05, 0.1) is 19.4 Å². The molecule has 0 unspecified atom stereocenters. The Morgan fingerprint density at radius 1 is 1.21 bits per heavy atom. The standard InChI is InChI=1S/C17H16N4O3/c1-24-14-9-5-8-13(10-14)15-11-21(17(23)19-18-15)20-16(22)12-6-3-2-4-7-12/h2-10H,11H2,1H3,(H,19,23)(H,20,22). The van der Waals surface area contributed by atoms with Crippen molar-refractivity contribution in [2.75, 3.05) is 13.7 Å². The summed E-state index contributed by atoms with van der Waals surface area (Å²) in [7, 11) is 1.58. The van der Waals surface area contributed by atoms with Gasteiger partial charge in [0, 0.05) is 11.1 Å². The Bertz CT molecular complexity index is 789. The number of hydrogen-bond donors (Lipinski definition) is 2. The fraction of sp³-hybridized carbons (Fsp3) is 0.118. The molecule has 0 aromatic heterocycles. The third kappa shape index (κ3) is 3.35. The zero-order chi connectivity index (χ0) is 16.9. The minimum absolute atomic E-state index is 0.150. The molecule has 7 nitrogen and oxygen atoms in total. The topological polar surface area (TPSA) is 83.0 Å². The first-order valence-corrected chi connectivity index (χ1v) is 7.32. The molecule has 122 valence electrons. The zero-order valence-electron chi connectivity index (χ0n) is 13.0. The van der Waals surface area contributed by atoms with Crippen molar-refractivity contribution in [2.24, 2.45) is 5.10 Å². The molecular weight excluding hydrogens is 308 g/mol. The Labute approximate surface area is 138 Å². The van der Waals surface area contributed by atoms with Gasteiger partial charge in [0.25, 0.3) is 5.91 Å². The van der Waals surface area contributed by atoms with E-state index < -0.39 is 6.03 Å². The maximum Gasteiger partial charge on any atom is 0.356 e. The van der Waals surface area contributed by atoms with E-state index >= 15 is 0 Å². The number of rotatable bonds is 4. The molecule has 0 saturated heterocycles. The van der Waals surface area contributed by atoms with Gasteiger partial charge in [0.15, 0.2) is 0 Å². The molecule has 1 aliphatic rings. The highest BCUT2D eigenvalue weighted by Crippen LogP contribution is 2.15. The number of hydrazone groups is 1. The van der Waals surface area contributed by atoms with Crippen molar-refractivity contribution in [1.82, 2.24) is 15.9 Å². The van der Waals surface area contributed by atoms with Crippen molar-refractivity contribution in [3.8, 4) is 5.75 Å². The Balaban J connectivity index is 1.75. The van der Waals surface area contributed by atoms with Crippen LogP contribution >= 0.6 is 0 Å². The summed E-state index contributed by atoms with van der Waals surface area (Å²) >= 11 is 0. The Morgan fingerprint density at radius 3 is 2.75 bits per heavy atom. The predicted octanol–water partition coefficient (Wildman–Crippen LogP) is 1.77. The van der Waals surface area contributed by atoms with E-state index in [2.05, 4.69) is 16.0 Å². The van der Waals surface area contributed by atoms with Crippen LogP contribution in [0.25, 0.3) is 0 Å². The minimum Gasteiger partial charge on any atom is -0.497 e. The summed E-state index contributed by atoms with van der Waals surface area (Å²) in [6, 6.07) is 15.5. The van der Waals surface area contributed by atoms with Gasteiger partial charge in [-0.05, 0) is 24.3 Å². The van der Waals surface area contributed by atoms with Gasteiger partial charge in [-0.1, -0.05) is 30.3 Å². The average Bonchev–Trinajstić information content (AvgIpc) is 2.64. The van der Waals surface area contributed by atoms with Crippen LogP contribution in [0.1, 0.15) is 15.9 Å². The maximum absolute atomic E-state index is 12.2. The summed E-state index contributed by atoms with van der Waals surface area (Å²) in [6.07, 6.45) is 0. The third-order valence-corrected chi connectivity index (χ3v) is 3.51. The van der Waals surface area contributed by atoms with Gasteiger partial charge in [-0.2, -0.15) is 5.10 Å². The fourth-order valence-electron chi connectivity index (χ4n) is 2.26. The van der Waals surface area contributed by atoms with E-state index in [4.69, 9.17) is 4.74 Å². The lowest BCUT2D eigenvalue weighted by Crippen LogP contribution is -2.54. The number of amides is 3. The van der Waals surface area contributed by atoms with Crippen LogP contribution in [-0.4, -0.2) is 36.3 Å². The van der Waals surface area contributed by atoms with Gasteiger partial charge in [-0.25, -0.2) is 15.2 Å². The summed E-state index contributed by atoms with van der Waals surface area (Å²) in [5, 5.41) is 5.25. The number of hydrazine groups is 1. The molecule has 0 bridgehead atoms. The van der Waals surface area contributed by atoms with Crippen LogP contribution < -0.4 is 15.6 Å². The maximum atomic E-state index is 12.2. The SMILES string of the molecule is COc1cccc(C2=NNC(=O)N(NC(=O)c3ccccc3)C2)c1. The lowest BCUT2D eigenvalue weighted by Gasteiger charge is -2.27. The predicted molar refractivity (Wildman–Crippen MR) is 88.7 cm³/mol. The number of ether oxygens (including phenoxy) is 1. The molecule has 0 aliphatic carbocycles. The molecule has 3 rings (SSSR count). The van der Waals surface area contributed by atoms with Gasteiger partial charge in [-0.3, -0.25) is 10.2 Å². The van der Waals surface area contributed by atoms with Gasteiger partial charge >= 0.3 is 6.03 Å². The second kappa shape index (κ2) is 6.82. The Hall–Kier alpha value is -3.35. The molecular formula is C17H16N4O3. The number of carbonyl (C=O) groups is 2. The van der Waals surface area contributed by atoms with Crippen LogP contribution in [0.2, 0.25) is 0 Å². The molecule has 2 aromatic carbocycles. The highest BCUT2D eigenvalue weighted by atomic mass is 16.5. The molecule has 1 aliphatic heterocycles. The number of methoxy groups -OCH3 is 1. The van der Waals surface area contributed by atoms with Crippen molar-refractivity contribution in [1.29, 1.82) is 0 Å². The minimum atomic E-state index is -0.495. The van der Waals surface area contributed by atoms with E-state index in [1.807, 2.05) is 30.3 Å². The molecule has 2 N–H and O–H groups in total. The van der Waals surface area contributed by atoms with E-state index in [0.29, 0.717) is 17.0 Å². The van der Waals surface area contributed by atoms with Crippen LogP contribution in [0.3, 0.4) is 0 Å². The first kappa shape index (κ1) is 15.5. The van der Waals surface area contributed by atoms with Crippen LogP contribution in [0.5, 0.6) is 5.75 Å². The van der Waals surface area contributed by atoms with Gasteiger partial charge < -0.3 is 4.74 Å². The molecule has 0 radical (unpaired) electrons. The van der Waals surface area contributed by atoms with Crippen molar-refractivity contribution in [3.63, 3.8) is 0 Å². The smallest absolute Gasteiger partial charge is 0.356 e. The van der Waals surface area contributed by atoms with Crippen molar-refractivity contribution in [2.45, 2.75) is 0 Å². The van der Waals surface area contributed by atoms with E-state index in [-0.39, 0.29) is 12.5 Å². The first-order chi connectivity index (χ1) is 11.7. The number of hydrogen-bond acceptors (Lipinski definition) is 4. The Morgan fingerprint density at radius 2 is 2.00 bits per heavy atom. The van der Waals surface area contributed by atoms with Gasteiger partial charge in [0.1, 0.15) is 5.75 Å². The molecule has 0 spiro atoms. The van der Waals surface area contributed by atoms with Crippen molar-refractivity contribution < 1.29 is 14.3 Å². The molecule has 7 heteroatoms. The number of urea groups is 1. The first-order valence-electron chi connectivity index (χ1n) is 7.32. The summed E-state index contributed by atoms with van der Waals surface area (Å²) in [5.41, 5.74) is 6.86. The molecule has 1 heterocycles. The highest BCUT2D eigenvalue weighted by molar-refractivity contribution is 6.06. The lowest BCUT2D eigenvalue weighted by molar-refractivity contribution is 0.0839. The fourth-order valence-corrected chi connectivity index (χ4v) is 2.26. The Kier molecular flexibility index (Phi) is 4.42.